The van der Waals surface area contributed by atoms with Gasteiger partial charge in [0.25, 0.3) is 0 Å². The molecule has 0 fully saturated rings. The van der Waals surface area contributed by atoms with Crippen molar-refractivity contribution >= 4 is 11.9 Å². The number of esters is 2. The third kappa shape index (κ3) is 7.00. The molecular weight excluding hydrogens is 210 g/mol. The van der Waals surface area contributed by atoms with Gasteiger partial charge in [0.1, 0.15) is 0 Å². The normalized spacial score (nSPS) is 9.62. The Labute approximate surface area is 95.8 Å². The van der Waals surface area contributed by atoms with Gasteiger partial charge in [-0.15, -0.1) is 0 Å². The predicted octanol–water partition coefficient (Wildman–Crippen LogP) is 0.648. The van der Waals surface area contributed by atoms with Crippen LogP contribution in [0, 0.1) is 0 Å². The second-order valence-corrected chi connectivity index (χ2v) is 3.06. The van der Waals surface area contributed by atoms with Crippen molar-refractivity contribution in [3.8, 4) is 0 Å². The van der Waals surface area contributed by atoms with Gasteiger partial charge in [-0.1, -0.05) is 6.58 Å². The first-order valence-corrected chi connectivity index (χ1v) is 5.33. The summed E-state index contributed by atoms with van der Waals surface area (Å²) in [6.07, 6.45) is 0.282. The topological polar surface area (TPSA) is 64.6 Å². The van der Waals surface area contributed by atoms with Crippen molar-refractivity contribution in [3.63, 3.8) is 0 Å². The summed E-state index contributed by atoms with van der Waals surface area (Å²) in [6, 6.07) is 0. The van der Waals surface area contributed by atoms with Gasteiger partial charge in [0.05, 0.1) is 19.6 Å². The number of carbonyl (C=O) groups is 2. The van der Waals surface area contributed by atoms with E-state index in [4.69, 9.17) is 9.47 Å². The van der Waals surface area contributed by atoms with Gasteiger partial charge in [0.15, 0.2) is 0 Å². The lowest BCUT2D eigenvalue weighted by molar-refractivity contribution is -0.143. The summed E-state index contributed by atoms with van der Waals surface area (Å²) in [6.45, 7) is 8.56. The summed E-state index contributed by atoms with van der Waals surface area (Å²) in [4.78, 5) is 22.1. The van der Waals surface area contributed by atoms with E-state index in [0.717, 1.165) is 0 Å². The lowest BCUT2D eigenvalue weighted by atomic mass is 10.3. The number of rotatable bonds is 8. The van der Waals surface area contributed by atoms with E-state index in [0.29, 0.717) is 31.9 Å². The van der Waals surface area contributed by atoms with Crippen LogP contribution in [0.15, 0.2) is 12.2 Å². The van der Waals surface area contributed by atoms with Gasteiger partial charge in [-0.3, -0.25) is 4.79 Å². The van der Waals surface area contributed by atoms with Gasteiger partial charge in [-0.25, -0.2) is 4.79 Å². The number of ether oxygens (including phenoxy) is 2. The fourth-order valence-electron chi connectivity index (χ4n) is 0.968. The largest absolute Gasteiger partial charge is 0.466 e. The maximum Gasteiger partial charge on any atom is 0.334 e. The Kier molecular flexibility index (Phi) is 8.15. The minimum absolute atomic E-state index is 0.253. The van der Waals surface area contributed by atoms with Crippen LogP contribution in [0.1, 0.15) is 20.3 Å². The molecule has 0 radical (unpaired) electrons. The Balaban J connectivity index is 3.55. The van der Waals surface area contributed by atoms with Crippen LogP contribution >= 0.6 is 0 Å². The zero-order chi connectivity index (χ0) is 12.4. The molecule has 0 aliphatic carbocycles. The number of carbonyl (C=O) groups excluding carboxylic acids is 2. The van der Waals surface area contributed by atoms with Gasteiger partial charge in [0.2, 0.25) is 0 Å². The minimum atomic E-state index is -0.411. The molecule has 0 aromatic heterocycles. The predicted molar refractivity (Wildman–Crippen MR) is 59.9 cm³/mol. The molecule has 0 aromatic rings. The highest BCUT2D eigenvalue weighted by Crippen LogP contribution is 1.93. The van der Waals surface area contributed by atoms with Gasteiger partial charge < -0.3 is 14.8 Å². The van der Waals surface area contributed by atoms with Crippen molar-refractivity contribution < 1.29 is 19.1 Å². The van der Waals surface area contributed by atoms with Crippen molar-refractivity contribution in [2.75, 3.05) is 26.3 Å². The molecule has 16 heavy (non-hydrogen) atoms. The summed E-state index contributed by atoms with van der Waals surface area (Å²) in [5, 5.41) is 2.91. The number of hydrogen-bond acceptors (Lipinski definition) is 5. The first kappa shape index (κ1) is 14.6. The standard InChI is InChI=1S/C11H19NO4/c1-4-15-10(13)6-7-12-8-9(3)11(14)16-5-2/h12H,3-8H2,1-2H3. The fourth-order valence-corrected chi connectivity index (χ4v) is 0.968. The molecule has 0 spiro atoms. The number of nitrogens with one attached hydrogen (secondary N) is 1. The van der Waals surface area contributed by atoms with Crippen LogP contribution in [0.4, 0.5) is 0 Å². The molecule has 1 N–H and O–H groups in total. The number of hydrogen-bond donors (Lipinski definition) is 1. The third-order valence-corrected chi connectivity index (χ3v) is 1.71. The maximum absolute atomic E-state index is 11.1. The zero-order valence-corrected chi connectivity index (χ0v) is 9.88. The lowest BCUT2D eigenvalue weighted by Crippen LogP contribution is -2.24. The molecule has 0 aliphatic heterocycles. The van der Waals surface area contributed by atoms with Crippen LogP contribution in [0.2, 0.25) is 0 Å². The highest BCUT2D eigenvalue weighted by Gasteiger charge is 2.07. The SMILES string of the molecule is C=C(CNCCC(=O)OCC)C(=O)OCC. The van der Waals surface area contributed by atoms with Crippen molar-refractivity contribution in [2.45, 2.75) is 20.3 Å². The molecule has 5 heteroatoms. The van der Waals surface area contributed by atoms with Crippen LogP contribution in [0.3, 0.4) is 0 Å². The third-order valence-electron chi connectivity index (χ3n) is 1.71. The van der Waals surface area contributed by atoms with Crippen LogP contribution in [0.25, 0.3) is 0 Å². The molecule has 0 aromatic carbocycles. The Hall–Kier alpha value is -1.36. The molecule has 5 nitrogen and oxygen atoms in total. The summed E-state index contributed by atoms with van der Waals surface area (Å²) in [5.74, 6) is -0.664. The van der Waals surface area contributed by atoms with Crippen molar-refractivity contribution in [2.24, 2.45) is 0 Å². The van der Waals surface area contributed by atoms with E-state index in [-0.39, 0.29) is 12.4 Å². The smallest absolute Gasteiger partial charge is 0.334 e. The Bertz CT molecular complexity index is 250. The Morgan fingerprint density at radius 2 is 1.81 bits per heavy atom. The van der Waals surface area contributed by atoms with E-state index in [2.05, 4.69) is 11.9 Å². The van der Waals surface area contributed by atoms with Crippen LogP contribution < -0.4 is 5.32 Å². The fraction of sp³-hybridized carbons (Fsp3) is 0.636. The molecule has 0 atom stereocenters. The molecule has 92 valence electrons. The molecule has 0 amide bonds. The summed E-state index contributed by atoms with van der Waals surface area (Å²) in [5.41, 5.74) is 0.353. The zero-order valence-electron chi connectivity index (χ0n) is 9.88. The molecule has 0 saturated heterocycles. The van der Waals surface area contributed by atoms with Crippen molar-refractivity contribution in [1.82, 2.24) is 5.32 Å². The first-order chi connectivity index (χ1) is 7.61. The quantitative estimate of drug-likeness (QED) is 0.376. The average Bonchev–Trinajstić information content (AvgIpc) is 2.24. The average molecular weight is 229 g/mol. The van der Waals surface area contributed by atoms with Gasteiger partial charge in [-0.2, -0.15) is 0 Å². The van der Waals surface area contributed by atoms with E-state index in [1.54, 1.807) is 13.8 Å². The Morgan fingerprint density at radius 1 is 1.19 bits per heavy atom. The van der Waals surface area contributed by atoms with E-state index in [1.165, 1.54) is 0 Å². The van der Waals surface area contributed by atoms with Crippen LogP contribution in [0.5, 0.6) is 0 Å². The summed E-state index contributed by atoms with van der Waals surface area (Å²) in [7, 11) is 0. The molecule has 0 bridgehead atoms. The van der Waals surface area contributed by atoms with E-state index in [1.807, 2.05) is 0 Å². The van der Waals surface area contributed by atoms with E-state index < -0.39 is 5.97 Å². The molecule has 0 heterocycles. The monoisotopic (exact) mass is 229 g/mol. The van der Waals surface area contributed by atoms with Gasteiger partial charge in [0, 0.05) is 18.7 Å². The van der Waals surface area contributed by atoms with E-state index in [9.17, 15) is 9.59 Å². The maximum atomic E-state index is 11.1. The van der Waals surface area contributed by atoms with Crippen LogP contribution in [-0.4, -0.2) is 38.2 Å². The lowest BCUT2D eigenvalue weighted by Gasteiger charge is -2.06. The van der Waals surface area contributed by atoms with Gasteiger partial charge >= 0.3 is 11.9 Å². The molecule has 0 unspecified atom stereocenters. The van der Waals surface area contributed by atoms with Crippen molar-refractivity contribution in [3.05, 3.63) is 12.2 Å². The van der Waals surface area contributed by atoms with Crippen molar-refractivity contribution in [1.29, 1.82) is 0 Å². The van der Waals surface area contributed by atoms with Gasteiger partial charge in [-0.05, 0) is 13.8 Å². The highest BCUT2D eigenvalue weighted by atomic mass is 16.5. The second-order valence-electron chi connectivity index (χ2n) is 3.06. The molecule has 0 aliphatic rings. The molecule has 0 saturated carbocycles. The highest BCUT2D eigenvalue weighted by molar-refractivity contribution is 5.88. The second kappa shape index (κ2) is 8.91. The summed E-state index contributed by atoms with van der Waals surface area (Å²) < 4.78 is 9.49. The minimum Gasteiger partial charge on any atom is -0.466 e. The molecular formula is C11H19NO4. The summed E-state index contributed by atoms with van der Waals surface area (Å²) >= 11 is 0. The first-order valence-electron chi connectivity index (χ1n) is 5.33. The van der Waals surface area contributed by atoms with E-state index >= 15 is 0 Å². The Morgan fingerprint density at radius 3 is 2.38 bits per heavy atom. The van der Waals surface area contributed by atoms with Crippen LogP contribution in [-0.2, 0) is 19.1 Å². The molecule has 0 rings (SSSR count).